The van der Waals surface area contributed by atoms with Crippen LogP contribution < -0.4 is 0 Å². The molecule has 2 atom stereocenters. The van der Waals surface area contributed by atoms with Gasteiger partial charge in [-0.15, -0.1) is 0 Å². The summed E-state index contributed by atoms with van der Waals surface area (Å²) >= 11 is 0. The molecule has 2 aromatic carbocycles. The van der Waals surface area contributed by atoms with Crippen LogP contribution in [0.3, 0.4) is 0 Å². The predicted octanol–water partition coefficient (Wildman–Crippen LogP) is 11.4. The molecule has 0 bridgehead atoms. The van der Waals surface area contributed by atoms with Gasteiger partial charge in [0.25, 0.3) is 0 Å². The molecule has 3 rings (SSSR count). The third-order valence-corrected chi connectivity index (χ3v) is 9.02. The quantitative estimate of drug-likeness (QED) is 0.115. The standard InChI is InChI=1S/C38H58N2/c1-4-6-8-9-10-11-12-13-14-15-16-24-31-40-32-30-39-37(40)36(29-19-7-5-2)38(3,35-27-22-18-23-28-35)33-34-25-20-17-21-26-34/h17-18,20-23,25-28,30,32,36H,4-16,19,24,29,31,33H2,1-3H3. The first-order valence-corrected chi connectivity index (χ1v) is 16.8. The van der Waals surface area contributed by atoms with Crippen molar-refractivity contribution in [1.29, 1.82) is 0 Å². The molecule has 2 nitrogen and oxygen atoms in total. The van der Waals surface area contributed by atoms with Crippen molar-refractivity contribution in [2.75, 3.05) is 0 Å². The highest BCUT2D eigenvalue weighted by Gasteiger charge is 2.39. The van der Waals surface area contributed by atoms with E-state index in [4.69, 9.17) is 4.98 Å². The van der Waals surface area contributed by atoms with Crippen LogP contribution in [0, 0.1) is 0 Å². The Balaban J connectivity index is 1.63. The van der Waals surface area contributed by atoms with E-state index >= 15 is 0 Å². The maximum absolute atomic E-state index is 5.07. The van der Waals surface area contributed by atoms with Crippen molar-refractivity contribution >= 4 is 0 Å². The largest absolute Gasteiger partial charge is 0.335 e. The van der Waals surface area contributed by atoms with Crippen molar-refractivity contribution in [3.05, 3.63) is 90.0 Å². The second kappa shape index (κ2) is 18.9. The monoisotopic (exact) mass is 542 g/mol. The Morgan fingerprint density at radius 1 is 0.650 bits per heavy atom. The van der Waals surface area contributed by atoms with E-state index in [2.05, 4.69) is 98.4 Å². The lowest BCUT2D eigenvalue weighted by molar-refractivity contribution is 0.322. The van der Waals surface area contributed by atoms with Gasteiger partial charge in [-0.2, -0.15) is 0 Å². The molecule has 0 aliphatic carbocycles. The van der Waals surface area contributed by atoms with Crippen LogP contribution in [0.25, 0.3) is 0 Å². The van der Waals surface area contributed by atoms with Crippen molar-refractivity contribution < 1.29 is 0 Å². The molecule has 2 heteroatoms. The van der Waals surface area contributed by atoms with Crippen LogP contribution in [0.4, 0.5) is 0 Å². The third kappa shape index (κ3) is 10.6. The molecule has 3 aromatic rings. The van der Waals surface area contributed by atoms with Gasteiger partial charge >= 0.3 is 0 Å². The van der Waals surface area contributed by atoms with Crippen LogP contribution in [0.2, 0.25) is 0 Å². The van der Waals surface area contributed by atoms with Crippen molar-refractivity contribution in [3.63, 3.8) is 0 Å². The fraction of sp³-hybridized carbons (Fsp3) is 0.605. The Bertz CT molecular complexity index is 1010. The lowest BCUT2D eigenvalue weighted by atomic mass is 9.66. The van der Waals surface area contributed by atoms with E-state index in [9.17, 15) is 0 Å². The molecule has 0 radical (unpaired) electrons. The average molecular weight is 543 g/mol. The van der Waals surface area contributed by atoms with Crippen molar-refractivity contribution in [2.45, 2.75) is 148 Å². The number of aryl methyl sites for hydroxylation is 1. The Labute approximate surface area is 247 Å². The van der Waals surface area contributed by atoms with Gasteiger partial charge in [0, 0.05) is 30.3 Å². The Morgan fingerprint density at radius 3 is 1.77 bits per heavy atom. The molecule has 220 valence electrons. The lowest BCUT2D eigenvalue weighted by Gasteiger charge is -2.39. The summed E-state index contributed by atoms with van der Waals surface area (Å²) in [5.41, 5.74) is 2.82. The zero-order valence-electron chi connectivity index (χ0n) is 26.1. The van der Waals surface area contributed by atoms with Gasteiger partial charge in [0.2, 0.25) is 0 Å². The summed E-state index contributed by atoms with van der Waals surface area (Å²) in [4.78, 5) is 5.07. The summed E-state index contributed by atoms with van der Waals surface area (Å²) in [6.45, 7) is 8.19. The molecule has 40 heavy (non-hydrogen) atoms. The third-order valence-electron chi connectivity index (χ3n) is 9.02. The van der Waals surface area contributed by atoms with Crippen LogP contribution in [0.5, 0.6) is 0 Å². The van der Waals surface area contributed by atoms with Crippen LogP contribution in [0.15, 0.2) is 73.1 Å². The Hall–Kier alpha value is -2.35. The van der Waals surface area contributed by atoms with Gasteiger partial charge in [-0.3, -0.25) is 0 Å². The molecule has 0 spiro atoms. The number of rotatable bonds is 22. The van der Waals surface area contributed by atoms with Crippen LogP contribution in [-0.4, -0.2) is 9.55 Å². The maximum atomic E-state index is 5.07. The second-order valence-corrected chi connectivity index (χ2v) is 12.4. The molecular weight excluding hydrogens is 484 g/mol. The Morgan fingerprint density at radius 2 is 1.18 bits per heavy atom. The van der Waals surface area contributed by atoms with E-state index in [1.54, 1.807) is 0 Å². The van der Waals surface area contributed by atoms with Gasteiger partial charge in [0.05, 0.1) is 0 Å². The second-order valence-electron chi connectivity index (χ2n) is 12.4. The summed E-state index contributed by atoms with van der Waals surface area (Å²) in [5, 5.41) is 0. The van der Waals surface area contributed by atoms with Crippen LogP contribution in [0.1, 0.15) is 146 Å². The minimum atomic E-state index is -0.0179. The highest BCUT2D eigenvalue weighted by atomic mass is 15.1. The molecule has 0 fully saturated rings. The number of imidazole rings is 1. The highest BCUT2D eigenvalue weighted by molar-refractivity contribution is 5.33. The van der Waals surface area contributed by atoms with Gasteiger partial charge in [-0.25, -0.2) is 4.98 Å². The molecule has 0 saturated heterocycles. The van der Waals surface area contributed by atoms with E-state index in [-0.39, 0.29) is 5.41 Å². The van der Waals surface area contributed by atoms with Crippen LogP contribution in [-0.2, 0) is 18.4 Å². The molecule has 0 saturated carbocycles. The zero-order chi connectivity index (χ0) is 28.3. The first-order chi connectivity index (χ1) is 19.7. The number of nitrogens with zero attached hydrogens (tertiary/aromatic N) is 2. The Kier molecular flexibility index (Phi) is 15.2. The maximum Gasteiger partial charge on any atom is 0.112 e. The first-order valence-electron chi connectivity index (χ1n) is 16.8. The zero-order valence-corrected chi connectivity index (χ0v) is 26.1. The summed E-state index contributed by atoms with van der Waals surface area (Å²) in [6, 6.07) is 22.3. The molecule has 0 aliphatic heterocycles. The fourth-order valence-electron chi connectivity index (χ4n) is 6.54. The predicted molar refractivity (Wildman–Crippen MR) is 174 cm³/mol. The smallest absolute Gasteiger partial charge is 0.112 e. The van der Waals surface area contributed by atoms with Crippen molar-refractivity contribution in [2.24, 2.45) is 0 Å². The first kappa shape index (κ1) is 32.2. The summed E-state index contributed by atoms with van der Waals surface area (Å²) in [5.74, 6) is 1.68. The van der Waals surface area contributed by atoms with E-state index in [0.717, 1.165) is 13.0 Å². The van der Waals surface area contributed by atoms with Gasteiger partial charge in [0.1, 0.15) is 5.82 Å². The fourth-order valence-corrected chi connectivity index (χ4v) is 6.54. The summed E-state index contributed by atoms with van der Waals surface area (Å²) in [7, 11) is 0. The molecule has 1 aromatic heterocycles. The molecule has 0 amide bonds. The topological polar surface area (TPSA) is 17.8 Å². The number of unbranched alkanes of at least 4 members (excludes halogenated alkanes) is 13. The minimum absolute atomic E-state index is 0.0179. The molecule has 0 aliphatic rings. The number of aromatic nitrogens is 2. The van der Waals surface area contributed by atoms with Crippen LogP contribution >= 0.6 is 0 Å². The summed E-state index contributed by atoms with van der Waals surface area (Å²) in [6.07, 6.45) is 27.0. The van der Waals surface area contributed by atoms with Crippen molar-refractivity contribution in [1.82, 2.24) is 9.55 Å². The highest BCUT2D eigenvalue weighted by Crippen LogP contribution is 2.44. The SMILES string of the molecule is CCCCCCCCCCCCCCn1ccnc1C(CCCCC)C(C)(Cc1ccccc1)c1ccccc1. The molecule has 2 unspecified atom stereocenters. The van der Waals surface area contributed by atoms with Gasteiger partial charge in [0.15, 0.2) is 0 Å². The van der Waals surface area contributed by atoms with Gasteiger partial charge < -0.3 is 4.57 Å². The minimum Gasteiger partial charge on any atom is -0.335 e. The molecule has 1 heterocycles. The van der Waals surface area contributed by atoms with E-state index in [1.165, 1.54) is 120 Å². The lowest BCUT2D eigenvalue weighted by Crippen LogP contribution is -2.35. The van der Waals surface area contributed by atoms with E-state index < -0.39 is 0 Å². The van der Waals surface area contributed by atoms with Crippen molar-refractivity contribution in [3.8, 4) is 0 Å². The van der Waals surface area contributed by atoms with E-state index in [1.807, 2.05) is 0 Å². The van der Waals surface area contributed by atoms with Gasteiger partial charge in [-0.1, -0.05) is 171 Å². The normalized spacial score (nSPS) is 13.8. The number of hydrogen-bond donors (Lipinski definition) is 0. The van der Waals surface area contributed by atoms with E-state index in [0.29, 0.717) is 5.92 Å². The number of hydrogen-bond acceptors (Lipinski definition) is 1. The summed E-state index contributed by atoms with van der Waals surface area (Å²) < 4.78 is 2.50. The van der Waals surface area contributed by atoms with Gasteiger partial charge in [-0.05, 0) is 30.4 Å². The molecule has 0 N–H and O–H groups in total. The molecular formula is C38H58N2. The number of benzene rings is 2. The average Bonchev–Trinajstić information content (AvgIpc) is 3.44.